The molecule has 3 nitrogen and oxygen atoms in total. The Morgan fingerprint density at radius 1 is 1.08 bits per heavy atom. The Balaban J connectivity index is 3.56. The van der Waals surface area contributed by atoms with Gasteiger partial charge in [-0.25, -0.2) is 0 Å². The lowest BCUT2D eigenvalue weighted by Gasteiger charge is -2.08. The third-order valence-corrected chi connectivity index (χ3v) is 2.28. The summed E-state index contributed by atoms with van der Waals surface area (Å²) in [6.45, 7) is 2.94. The number of ether oxygens (including phenoxy) is 1. The predicted octanol–water partition coefficient (Wildman–Crippen LogP) is 1.40. The Morgan fingerprint density at radius 2 is 1.38 bits per heavy atom. The largest absolute Gasteiger partial charge is 0.377 e. The van der Waals surface area contributed by atoms with Gasteiger partial charge < -0.3 is 4.74 Å². The van der Waals surface area contributed by atoms with Crippen molar-refractivity contribution >= 4 is 34.8 Å². The minimum Gasteiger partial charge on any atom is -0.377 e. The van der Waals surface area contributed by atoms with E-state index in [9.17, 15) is 9.59 Å². The van der Waals surface area contributed by atoms with Crippen molar-refractivity contribution in [2.24, 2.45) is 0 Å². The average Bonchev–Trinajstić information content (AvgIpc) is 2.03. The molecule has 0 amide bonds. The first-order chi connectivity index (χ1) is 5.95. The molecule has 0 saturated carbocycles. The highest BCUT2D eigenvalue weighted by atomic mass is 35.5. The highest BCUT2D eigenvalue weighted by Gasteiger charge is 2.13. The summed E-state index contributed by atoms with van der Waals surface area (Å²) < 4.78 is 4.97. The van der Waals surface area contributed by atoms with E-state index in [-0.39, 0.29) is 24.8 Å². The van der Waals surface area contributed by atoms with Gasteiger partial charge >= 0.3 is 0 Å². The van der Waals surface area contributed by atoms with Crippen molar-refractivity contribution in [2.75, 3.05) is 13.2 Å². The Kier molecular flexibility index (Phi) is 6.29. The minimum absolute atomic E-state index is 0.0907. The molecule has 0 aromatic heterocycles. The monoisotopic (exact) mass is 226 g/mol. The van der Waals surface area contributed by atoms with Crippen LogP contribution in [0, 0.1) is 0 Å². The lowest BCUT2D eigenvalue weighted by atomic mass is 10.3. The zero-order valence-electron chi connectivity index (χ0n) is 7.55. The van der Waals surface area contributed by atoms with Gasteiger partial charge in [-0.15, -0.1) is 23.2 Å². The van der Waals surface area contributed by atoms with Crippen molar-refractivity contribution in [3.05, 3.63) is 0 Å². The maximum atomic E-state index is 10.6. The summed E-state index contributed by atoms with van der Waals surface area (Å²) in [5.74, 6) is -0.314. The fourth-order valence-electron chi connectivity index (χ4n) is 0.510. The molecule has 2 unspecified atom stereocenters. The molecule has 0 aromatic rings. The van der Waals surface area contributed by atoms with Crippen LogP contribution in [0.3, 0.4) is 0 Å². The number of carbonyl (C=O) groups is 2. The number of rotatable bonds is 6. The maximum Gasteiger partial charge on any atom is 0.149 e. The van der Waals surface area contributed by atoms with Crippen LogP contribution >= 0.6 is 23.2 Å². The van der Waals surface area contributed by atoms with Crippen molar-refractivity contribution in [2.45, 2.75) is 24.6 Å². The molecule has 0 fully saturated rings. The van der Waals surface area contributed by atoms with E-state index < -0.39 is 10.8 Å². The molecule has 0 bridgehead atoms. The number of hydrogen-bond acceptors (Lipinski definition) is 3. The number of carbonyl (C=O) groups excluding carboxylic acids is 2. The second-order valence-electron chi connectivity index (χ2n) is 2.69. The first-order valence-corrected chi connectivity index (χ1v) is 4.69. The van der Waals surface area contributed by atoms with Crippen molar-refractivity contribution in [3.63, 3.8) is 0 Å². The van der Waals surface area contributed by atoms with E-state index in [1.165, 1.54) is 13.8 Å². The lowest BCUT2D eigenvalue weighted by Crippen LogP contribution is -2.23. The summed E-state index contributed by atoms with van der Waals surface area (Å²) in [5.41, 5.74) is 0. The van der Waals surface area contributed by atoms with Gasteiger partial charge in [0.15, 0.2) is 0 Å². The topological polar surface area (TPSA) is 43.4 Å². The number of halogens is 2. The first-order valence-electron chi connectivity index (χ1n) is 3.82. The zero-order valence-corrected chi connectivity index (χ0v) is 9.06. The standard InChI is InChI=1S/C8H12Cl2O3/c1-5(11)7(9)3-13-4-8(10)6(2)12/h7-8H,3-4H2,1-2H3. The molecule has 0 radical (unpaired) electrons. The third-order valence-electron chi connectivity index (χ3n) is 1.41. The van der Waals surface area contributed by atoms with Crippen LogP contribution in [-0.4, -0.2) is 35.5 Å². The van der Waals surface area contributed by atoms with Crippen LogP contribution in [0.2, 0.25) is 0 Å². The molecular weight excluding hydrogens is 215 g/mol. The SMILES string of the molecule is CC(=O)C(Cl)COCC(Cl)C(C)=O. The Bertz CT molecular complexity index is 174. The molecule has 0 aromatic carbocycles. The molecule has 0 rings (SSSR count). The van der Waals surface area contributed by atoms with Crippen LogP contribution < -0.4 is 0 Å². The zero-order chi connectivity index (χ0) is 10.4. The van der Waals surface area contributed by atoms with Gasteiger partial charge in [0.25, 0.3) is 0 Å². The summed E-state index contributed by atoms with van der Waals surface area (Å²) >= 11 is 11.2. The van der Waals surface area contributed by atoms with E-state index in [1.54, 1.807) is 0 Å². The van der Waals surface area contributed by atoms with Crippen LogP contribution in [0.4, 0.5) is 0 Å². The molecule has 0 N–H and O–H groups in total. The molecule has 0 aliphatic heterocycles. The molecule has 0 spiro atoms. The summed E-state index contributed by atoms with van der Waals surface area (Å²) in [7, 11) is 0. The van der Waals surface area contributed by atoms with Gasteiger partial charge in [-0.3, -0.25) is 9.59 Å². The number of hydrogen-bond donors (Lipinski definition) is 0. The summed E-state index contributed by atoms with van der Waals surface area (Å²) in [6.07, 6.45) is 0. The van der Waals surface area contributed by atoms with Crippen LogP contribution in [-0.2, 0) is 14.3 Å². The van der Waals surface area contributed by atoms with E-state index in [0.29, 0.717) is 0 Å². The predicted molar refractivity (Wildman–Crippen MR) is 51.5 cm³/mol. The summed E-state index contributed by atoms with van der Waals surface area (Å²) in [6, 6.07) is 0. The third kappa shape index (κ3) is 6.02. The van der Waals surface area contributed by atoms with Crippen molar-refractivity contribution < 1.29 is 14.3 Å². The highest BCUT2D eigenvalue weighted by Crippen LogP contribution is 2.02. The molecule has 5 heteroatoms. The Hall–Kier alpha value is -0.120. The quantitative estimate of drug-likeness (QED) is 0.644. The van der Waals surface area contributed by atoms with E-state index in [4.69, 9.17) is 27.9 Å². The molecule has 0 saturated heterocycles. The number of alkyl halides is 2. The second-order valence-corrected chi connectivity index (χ2v) is 3.75. The van der Waals surface area contributed by atoms with Gasteiger partial charge in [0.2, 0.25) is 0 Å². The molecule has 13 heavy (non-hydrogen) atoms. The van der Waals surface area contributed by atoms with Crippen molar-refractivity contribution in [1.82, 2.24) is 0 Å². The Labute approximate surface area is 87.3 Å². The van der Waals surface area contributed by atoms with Gasteiger partial charge in [0, 0.05) is 0 Å². The van der Waals surface area contributed by atoms with E-state index >= 15 is 0 Å². The van der Waals surface area contributed by atoms with Crippen LogP contribution in [0.1, 0.15) is 13.8 Å². The van der Waals surface area contributed by atoms with Crippen molar-refractivity contribution in [1.29, 1.82) is 0 Å². The fraction of sp³-hybridized carbons (Fsp3) is 0.750. The Morgan fingerprint density at radius 3 is 1.62 bits per heavy atom. The number of ketones is 2. The van der Waals surface area contributed by atoms with E-state index in [1.807, 2.05) is 0 Å². The van der Waals surface area contributed by atoms with Gasteiger partial charge in [-0.2, -0.15) is 0 Å². The second kappa shape index (κ2) is 6.35. The molecule has 2 atom stereocenters. The smallest absolute Gasteiger partial charge is 0.149 e. The fourth-order valence-corrected chi connectivity index (χ4v) is 0.688. The lowest BCUT2D eigenvalue weighted by molar-refractivity contribution is -0.118. The maximum absolute atomic E-state index is 10.6. The van der Waals surface area contributed by atoms with Crippen LogP contribution in [0.5, 0.6) is 0 Å². The first kappa shape index (κ1) is 12.9. The minimum atomic E-state index is -0.657. The molecule has 76 valence electrons. The van der Waals surface area contributed by atoms with Gasteiger partial charge in [0.05, 0.1) is 13.2 Å². The van der Waals surface area contributed by atoms with E-state index in [0.717, 1.165) is 0 Å². The van der Waals surface area contributed by atoms with Crippen LogP contribution in [0.15, 0.2) is 0 Å². The summed E-state index contributed by atoms with van der Waals surface area (Å²) in [5, 5.41) is -1.31. The van der Waals surface area contributed by atoms with Gasteiger partial charge in [-0.05, 0) is 13.8 Å². The molecular formula is C8H12Cl2O3. The van der Waals surface area contributed by atoms with E-state index in [2.05, 4.69) is 0 Å². The molecule has 0 aliphatic rings. The van der Waals surface area contributed by atoms with Gasteiger partial charge in [0.1, 0.15) is 22.3 Å². The summed E-state index contributed by atoms with van der Waals surface area (Å²) in [4.78, 5) is 21.3. The highest BCUT2D eigenvalue weighted by molar-refractivity contribution is 6.31. The van der Waals surface area contributed by atoms with Crippen molar-refractivity contribution in [3.8, 4) is 0 Å². The van der Waals surface area contributed by atoms with Crippen LogP contribution in [0.25, 0.3) is 0 Å². The molecule has 0 heterocycles. The normalized spacial score (nSPS) is 15.1. The average molecular weight is 227 g/mol. The van der Waals surface area contributed by atoms with Gasteiger partial charge in [-0.1, -0.05) is 0 Å². The molecule has 0 aliphatic carbocycles. The number of Topliss-reactive ketones (excluding diaryl/α,β-unsaturated/α-hetero) is 2.